The number of alkyl halides is 6. The smallest absolute Gasteiger partial charge is 0.415 e. The van der Waals surface area contributed by atoms with Gasteiger partial charge in [0.05, 0.1) is 11.5 Å². The maximum absolute atomic E-state index is 14.6. The number of nitro groups is 1. The van der Waals surface area contributed by atoms with E-state index < -0.39 is 75.7 Å². The molecule has 1 aromatic carbocycles. The number of hydrogen-bond donors (Lipinski definition) is 2. The Morgan fingerprint density at radius 3 is 2.33 bits per heavy atom. The Balaban J connectivity index is 2.23. The third-order valence-electron chi connectivity index (χ3n) is 6.25. The number of halogens is 6. The zero-order valence-corrected chi connectivity index (χ0v) is 22.9. The van der Waals surface area contributed by atoms with Crippen LogP contribution in [-0.2, 0) is 23.1 Å². The summed E-state index contributed by atoms with van der Waals surface area (Å²) < 4.78 is 96.1. The van der Waals surface area contributed by atoms with Crippen molar-refractivity contribution >= 4 is 11.5 Å². The number of rotatable bonds is 13. The first-order chi connectivity index (χ1) is 20.0. The highest BCUT2D eigenvalue weighted by molar-refractivity contribution is 5.68. The number of pyridine rings is 1. The monoisotopic (exact) mass is 615 g/mol. The van der Waals surface area contributed by atoms with E-state index in [1.165, 1.54) is 30.3 Å². The first kappa shape index (κ1) is 33.2. The summed E-state index contributed by atoms with van der Waals surface area (Å²) in [6.07, 6.45) is -10.4. The number of nitrogens with one attached hydrogen (secondary N) is 1. The molecule has 0 aliphatic rings. The van der Waals surface area contributed by atoms with Gasteiger partial charge in [-0.05, 0) is 32.3 Å². The number of aliphatic hydroxyl groups excluding tert-OH is 1. The van der Waals surface area contributed by atoms with Crippen molar-refractivity contribution in [3.8, 4) is 11.6 Å². The van der Waals surface area contributed by atoms with Crippen molar-refractivity contribution in [3.05, 3.63) is 88.8 Å². The van der Waals surface area contributed by atoms with Crippen molar-refractivity contribution in [1.29, 1.82) is 0 Å². The van der Waals surface area contributed by atoms with Gasteiger partial charge in [-0.3, -0.25) is 10.1 Å². The van der Waals surface area contributed by atoms with E-state index in [0.29, 0.717) is 12.5 Å². The fraction of sp³-hybridized carbons (Fsp3) is 0.370. The van der Waals surface area contributed by atoms with Crippen molar-refractivity contribution < 1.29 is 45.5 Å². The van der Waals surface area contributed by atoms with Crippen LogP contribution in [-0.4, -0.2) is 43.0 Å². The molecule has 3 aromatic rings. The second-order valence-corrected chi connectivity index (χ2v) is 9.94. The van der Waals surface area contributed by atoms with Gasteiger partial charge in [0.1, 0.15) is 17.5 Å². The summed E-state index contributed by atoms with van der Waals surface area (Å²) in [5, 5.41) is 31.6. The van der Waals surface area contributed by atoms with Gasteiger partial charge in [0, 0.05) is 11.6 Å². The zero-order chi connectivity index (χ0) is 32.2. The Bertz CT molecular complexity index is 1460. The molecule has 0 spiro atoms. The summed E-state index contributed by atoms with van der Waals surface area (Å²) in [7, 11) is 0. The number of anilines is 1. The molecule has 2 heterocycles. The van der Waals surface area contributed by atoms with E-state index in [1.807, 2.05) is 0 Å². The van der Waals surface area contributed by atoms with Gasteiger partial charge >= 0.3 is 18.0 Å². The third kappa shape index (κ3) is 7.19. The van der Waals surface area contributed by atoms with Crippen LogP contribution in [0.4, 0.5) is 37.8 Å². The minimum absolute atomic E-state index is 0.166. The minimum Gasteiger partial charge on any atom is -0.415 e. The van der Waals surface area contributed by atoms with Crippen LogP contribution >= 0.6 is 0 Å². The summed E-state index contributed by atoms with van der Waals surface area (Å²) in [5.41, 5.74) is -8.23. The summed E-state index contributed by atoms with van der Waals surface area (Å²) in [4.78, 5) is 14.3. The third-order valence-corrected chi connectivity index (χ3v) is 6.25. The summed E-state index contributed by atoms with van der Waals surface area (Å²) >= 11 is 0. The molecule has 232 valence electrons. The van der Waals surface area contributed by atoms with E-state index in [9.17, 15) is 41.6 Å². The van der Waals surface area contributed by atoms with Gasteiger partial charge in [-0.15, -0.1) is 23.4 Å². The number of aliphatic hydroxyl groups is 1. The highest BCUT2D eigenvalue weighted by Crippen LogP contribution is 2.47. The molecule has 0 radical (unpaired) electrons. The maximum atomic E-state index is 14.6. The molecular weight excluding hydrogens is 588 g/mol. The second kappa shape index (κ2) is 12.5. The van der Waals surface area contributed by atoms with Crippen LogP contribution in [0.2, 0.25) is 0 Å². The Morgan fingerprint density at radius 1 is 1.14 bits per heavy atom. The Labute approximate surface area is 241 Å². The second-order valence-electron chi connectivity index (χ2n) is 9.94. The molecule has 0 saturated heterocycles. The van der Waals surface area contributed by atoms with Crippen LogP contribution in [0.25, 0.3) is 11.6 Å². The molecular formula is C27H27F6N5O5. The molecule has 3 rings (SSSR count). The van der Waals surface area contributed by atoms with Crippen molar-refractivity contribution in [2.75, 3.05) is 5.32 Å². The van der Waals surface area contributed by atoms with Crippen LogP contribution < -0.4 is 5.32 Å². The molecule has 16 heteroatoms. The normalized spacial score (nSPS) is 14.5. The van der Waals surface area contributed by atoms with Gasteiger partial charge in [-0.1, -0.05) is 42.5 Å². The SMILES string of the molecule is C=CCCC(C)(C)Nc1nc(-c2nnc(C(OCc3ccccc3)(C(O)C=C)C(F)(F)F)o2)c([N+](=O)[O-])cc1C(F)(F)F. The van der Waals surface area contributed by atoms with Gasteiger partial charge in [-0.25, -0.2) is 4.98 Å². The number of nitrogens with zero attached hydrogens (tertiary/aromatic N) is 4. The molecule has 0 amide bonds. The largest absolute Gasteiger partial charge is 0.429 e. The lowest BCUT2D eigenvalue weighted by molar-refractivity contribution is -0.384. The van der Waals surface area contributed by atoms with Gasteiger partial charge in [0.25, 0.3) is 17.4 Å². The number of ether oxygens (including phenoxy) is 1. The highest BCUT2D eigenvalue weighted by atomic mass is 19.4. The molecule has 2 unspecified atom stereocenters. The first-order valence-electron chi connectivity index (χ1n) is 12.5. The molecule has 2 N–H and O–H groups in total. The fourth-order valence-electron chi connectivity index (χ4n) is 4.01. The van der Waals surface area contributed by atoms with Crippen molar-refractivity contribution in [2.24, 2.45) is 0 Å². The first-order valence-corrected chi connectivity index (χ1v) is 12.5. The van der Waals surface area contributed by atoms with Gasteiger partial charge < -0.3 is 19.6 Å². The lowest BCUT2D eigenvalue weighted by atomic mass is 9.95. The maximum Gasteiger partial charge on any atom is 0.429 e. The average Bonchev–Trinajstić information content (AvgIpc) is 3.41. The van der Waals surface area contributed by atoms with Crippen molar-refractivity contribution in [2.45, 2.75) is 62.9 Å². The Hall–Kier alpha value is -4.31. The molecule has 0 bridgehead atoms. The van der Waals surface area contributed by atoms with Crippen LogP contribution in [0.1, 0.15) is 43.7 Å². The van der Waals surface area contributed by atoms with Gasteiger partial charge in [0.2, 0.25) is 5.69 Å². The predicted octanol–water partition coefficient (Wildman–Crippen LogP) is 6.74. The minimum atomic E-state index is -5.43. The fourth-order valence-corrected chi connectivity index (χ4v) is 4.01. The summed E-state index contributed by atoms with van der Waals surface area (Å²) in [5.74, 6) is -3.29. The molecule has 43 heavy (non-hydrogen) atoms. The molecule has 10 nitrogen and oxygen atoms in total. The quantitative estimate of drug-likeness (QED) is 0.0927. The van der Waals surface area contributed by atoms with Crippen LogP contribution in [0.5, 0.6) is 0 Å². The van der Waals surface area contributed by atoms with Crippen LogP contribution in [0.15, 0.2) is 66.1 Å². The number of benzene rings is 1. The van der Waals surface area contributed by atoms with Crippen molar-refractivity contribution in [3.63, 3.8) is 0 Å². The zero-order valence-electron chi connectivity index (χ0n) is 22.9. The average molecular weight is 616 g/mol. The Morgan fingerprint density at radius 2 is 1.79 bits per heavy atom. The highest BCUT2D eigenvalue weighted by Gasteiger charge is 2.65. The molecule has 2 aromatic heterocycles. The summed E-state index contributed by atoms with van der Waals surface area (Å²) in [6, 6.07) is 7.73. The Kier molecular flexibility index (Phi) is 9.66. The standard InChI is InChI=1S/C27H27F6N5O5/c1-5-7-13-24(3,4)35-21-17(26(28,29)30)14-18(38(40)41)20(34-21)22-36-37-23(43-22)25(19(39)6-2,27(31,32)33)42-15-16-11-9-8-10-12-16/h5-6,8-12,14,19,39H,1-2,7,13,15H2,3-4H3,(H,34,35). The molecule has 0 saturated carbocycles. The van der Waals surface area contributed by atoms with E-state index in [2.05, 4.69) is 33.7 Å². The topological polar surface area (TPSA) is 136 Å². The van der Waals surface area contributed by atoms with Crippen LogP contribution in [0.3, 0.4) is 0 Å². The lowest BCUT2D eigenvalue weighted by Gasteiger charge is -2.35. The number of aromatic nitrogens is 3. The number of allylic oxidation sites excluding steroid dienone is 1. The molecule has 0 aliphatic carbocycles. The predicted molar refractivity (Wildman–Crippen MR) is 141 cm³/mol. The molecule has 2 atom stereocenters. The molecule has 0 aliphatic heterocycles. The summed E-state index contributed by atoms with van der Waals surface area (Å²) in [6.45, 7) is 9.12. The van der Waals surface area contributed by atoms with Gasteiger partial charge in [0.15, 0.2) is 0 Å². The van der Waals surface area contributed by atoms with E-state index >= 15 is 0 Å². The number of hydrogen-bond acceptors (Lipinski definition) is 9. The van der Waals surface area contributed by atoms with Crippen LogP contribution in [0, 0.1) is 10.1 Å². The lowest BCUT2D eigenvalue weighted by Crippen LogP contribution is -2.53. The van der Waals surface area contributed by atoms with Crippen molar-refractivity contribution in [1.82, 2.24) is 15.2 Å². The van der Waals surface area contributed by atoms with E-state index in [4.69, 9.17) is 9.15 Å². The molecule has 0 fully saturated rings. The van der Waals surface area contributed by atoms with E-state index in [1.54, 1.807) is 19.9 Å². The van der Waals surface area contributed by atoms with E-state index in [-0.39, 0.29) is 18.1 Å². The van der Waals surface area contributed by atoms with Gasteiger partial charge in [-0.2, -0.15) is 26.3 Å². The van der Waals surface area contributed by atoms with E-state index in [0.717, 1.165) is 0 Å².